The second-order valence-electron chi connectivity index (χ2n) is 7.60. The zero-order chi connectivity index (χ0) is 17.1. The van der Waals surface area contributed by atoms with E-state index in [9.17, 15) is 4.79 Å². The molecule has 0 aliphatic carbocycles. The van der Waals surface area contributed by atoms with E-state index in [1.807, 2.05) is 18.3 Å². The van der Waals surface area contributed by atoms with Gasteiger partial charge in [0.1, 0.15) is 0 Å². The van der Waals surface area contributed by atoms with Crippen LogP contribution in [0.3, 0.4) is 0 Å². The molecule has 25 heavy (non-hydrogen) atoms. The highest BCUT2D eigenvalue weighted by molar-refractivity contribution is 5.88. The van der Waals surface area contributed by atoms with Gasteiger partial charge in [-0.2, -0.15) is 0 Å². The molecule has 134 valence electrons. The van der Waals surface area contributed by atoms with Crippen LogP contribution in [-0.4, -0.2) is 52.9 Å². The Morgan fingerprint density at radius 3 is 2.48 bits per heavy atom. The van der Waals surface area contributed by atoms with Crippen molar-refractivity contribution in [1.29, 1.82) is 0 Å². The van der Waals surface area contributed by atoms with Crippen LogP contribution in [0, 0.1) is 0 Å². The number of rotatable bonds is 3. The third kappa shape index (κ3) is 3.74. The fourth-order valence-electron chi connectivity index (χ4n) is 4.49. The second-order valence-corrected chi connectivity index (χ2v) is 7.60. The fourth-order valence-corrected chi connectivity index (χ4v) is 4.49. The molecule has 4 nitrogen and oxygen atoms in total. The average Bonchev–Trinajstić information content (AvgIpc) is 2.87. The molecule has 0 atom stereocenters. The second kappa shape index (κ2) is 7.61. The smallest absolute Gasteiger partial charge is 0.227 e. The molecule has 2 aliphatic rings. The van der Waals surface area contributed by atoms with Crippen molar-refractivity contribution in [2.75, 3.05) is 26.2 Å². The Kier molecular flexibility index (Phi) is 5.07. The lowest BCUT2D eigenvalue weighted by molar-refractivity contribution is -0.132. The molecule has 4 heteroatoms. The molecular formula is C21H29N3O. The number of para-hydroxylation sites is 1. The fraction of sp³-hybridized carbons (Fsp3) is 0.571. The number of nitrogens with zero attached hydrogens (tertiary/aromatic N) is 2. The summed E-state index contributed by atoms with van der Waals surface area (Å²) in [6.07, 6.45) is 10.3. The first-order valence-corrected chi connectivity index (χ1v) is 9.88. The van der Waals surface area contributed by atoms with Crippen LogP contribution >= 0.6 is 0 Å². The van der Waals surface area contributed by atoms with Gasteiger partial charge in [-0.1, -0.05) is 31.0 Å². The van der Waals surface area contributed by atoms with Crippen molar-refractivity contribution in [3.63, 3.8) is 0 Å². The molecule has 2 aromatic rings. The molecule has 1 amide bonds. The molecule has 0 radical (unpaired) electrons. The monoisotopic (exact) mass is 339 g/mol. The maximum atomic E-state index is 12.7. The molecule has 2 aliphatic heterocycles. The van der Waals surface area contributed by atoms with Gasteiger partial charge >= 0.3 is 0 Å². The van der Waals surface area contributed by atoms with Gasteiger partial charge in [-0.15, -0.1) is 0 Å². The van der Waals surface area contributed by atoms with Crippen LogP contribution in [0.1, 0.15) is 44.1 Å². The summed E-state index contributed by atoms with van der Waals surface area (Å²) in [4.78, 5) is 20.8. The van der Waals surface area contributed by atoms with Crippen molar-refractivity contribution in [2.24, 2.45) is 0 Å². The Labute approximate surface area is 150 Å². The number of likely N-dealkylation sites (tertiary alicyclic amines) is 2. The van der Waals surface area contributed by atoms with Crippen molar-refractivity contribution in [2.45, 2.75) is 51.0 Å². The number of hydrogen-bond acceptors (Lipinski definition) is 2. The Morgan fingerprint density at radius 2 is 1.72 bits per heavy atom. The average molecular weight is 339 g/mol. The van der Waals surface area contributed by atoms with Crippen LogP contribution in [0.25, 0.3) is 10.9 Å². The molecule has 1 aromatic carbocycles. The highest BCUT2D eigenvalue weighted by atomic mass is 16.2. The van der Waals surface area contributed by atoms with Crippen LogP contribution in [-0.2, 0) is 11.2 Å². The van der Waals surface area contributed by atoms with Gasteiger partial charge in [0.05, 0.1) is 6.42 Å². The van der Waals surface area contributed by atoms with Crippen molar-refractivity contribution >= 4 is 16.8 Å². The summed E-state index contributed by atoms with van der Waals surface area (Å²) in [5.41, 5.74) is 2.24. The predicted molar refractivity (Wildman–Crippen MR) is 102 cm³/mol. The summed E-state index contributed by atoms with van der Waals surface area (Å²) in [6.45, 7) is 4.35. The number of piperidine rings is 1. The van der Waals surface area contributed by atoms with Crippen molar-refractivity contribution < 1.29 is 4.79 Å². The van der Waals surface area contributed by atoms with Crippen LogP contribution < -0.4 is 0 Å². The number of hydrogen-bond donors (Lipinski definition) is 1. The van der Waals surface area contributed by atoms with Gasteiger partial charge in [-0.05, 0) is 50.4 Å². The molecule has 2 saturated heterocycles. The largest absolute Gasteiger partial charge is 0.361 e. The van der Waals surface area contributed by atoms with E-state index in [1.54, 1.807) is 0 Å². The number of aromatic amines is 1. The Hall–Kier alpha value is -1.81. The van der Waals surface area contributed by atoms with E-state index in [4.69, 9.17) is 0 Å². The number of carbonyl (C=O) groups excluding carboxylic acids is 1. The van der Waals surface area contributed by atoms with Gasteiger partial charge in [-0.3, -0.25) is 4.79 Å². The van der Waals surface area contributed by atoms with Crippen molar-refractivity contribution in [3.8, 4) is 0 Å². The minimum Gasteiger partial charge on any atom is -0.361 e. The lowest BCUT2D eigenvalue weighted by atomic mass is 10.0. The Balaban J connectivity index is 1.33. The van der Waals surface area contributed by atoms with Crippen molar-refractivity contribution in [3.05, 3.63) is 36.0 Å². The molecule has 0 spiro atoms. The van der Waals surface area contributed by atoms with E-state index in [-0.39, 0.29) is 5.91 Å². The normalized spacial score (nSPS) is 20.7. The topological polar surface area (TPSA) is 39.3 Å². The van der Waals surface area contributed by atoms with E-state index < -0.39 is 0 Å². The van der Waals surface area contributed by atoms with E-state index >= 15 is 0 Å². The van der Waals surface area contributed by atoms with Crippen molar-refractivity contribution in [1.82, 2.24) is 14.8 Å². The van der Waals surface area contributed by atoms with Gasteiger partial charge in [0.2, 0.25) is 5.91 Å². The summed E-state index contributed by atoms with van der Waals surface area (Å²) in [5.74, 6) is 0.277. The minimum absolute atomic E-state index is 0.277. The van der Waals surface area contributed by atoms with Gasteiger partial charge in [0, 0.05) is 36.2 Å². The quantitative estimate of drug-likeness (QED) is 0.928. The van der Waals surface area contributed by atoms with Gasteiger partial charge in [0.25, 0.3) is 0 Å². The summed E-state index contributed by atoms with van der Waals surface area (Å²) in [6, 6.07) is 8.92. The van der Waals surface area contributed by atoms with Gasteiger partial charge in [-0.25, -0.2) is 0 Å². The molecule has 4 rings (SSSR count). The number of amides is 1. The number of carbonyl (C=O) groups is 1. The molecule has 3 heterocycles. The Morgan fingerprint density at radius 1 is 1.00 bits per heavy atom. The maximum absolute atomic E-state index is 12.7. The van der Waals surface area contributed by atoms with E-state index in [0.717, 1.165) is 37.0 Å². The molecule has 0 saturated carbocycles. The zero-order valence-electron chi connectivity index (χ0n) is 15.0. The third-order valence-electron chi connectivity index (χ3n) is 5.99. The van der Waals surface area contributed by atoms with Gasteiger partial charge in [0.15, 0.2) is 0 Å². The molecule has 1 N–H and O–H groups in total. The molecule has 2 fully saturated rings. The predicted octanol–water partition coefficient (Wildman–Crippen LogP) is 3.58. The van der Waals surface area contributed by atoms with Crippen LogP contribution in [0.5, 0.6) is 0 Å². The minimum atomic E-state index is 0.277. The lowest BCUT2D eigenvalue weighted by Gasteiger charge is -2.38. The summed E-state index contributed by atoms with van der Waals surface area (Å²) < 4.78 is 0. The third-order valence-corrected chi connectivity index (χ3v) is 5.99. The number of H-pyrrole nitrogens is 1. The van der Waals surface area contributed by atoms with Gasteiger partial charge < -0.3 is 14.8 Å². The molecule has 0 unspecified atom stereocenters. The molecular weight excluding hydrogens is 310 g/mol. The first kappa shape index (κ1) is 16.6. The van der Waals surface area contributed by atoms with E-state index in [0.29, 0.717) is 12.5 Å². The highest BCUT2D eigenvalue weighted by Crippen LogP contribution is 2.23. The summed E-state index contributed by atoms with van der Waals surface area (Å²) in [7, 11) is 0. The first-order valence-electron chi connectivity index (χ1n) is 9.88. The molecule has 0 bridgehead atoms. The van der Waals surface area contributed by atoms with E-state index in [2.05, 4.69) is 26.9 Å². The number of fused-ring (bicyclic) bond motifs is 1. The van der Waals surface area contributed by atoms with E-state index in [1.165, 1.54) is 44.2 Å². The first-order chi connectivity index (χ1) is 12.3. The lowest BCUT2D eigenvalue weighted by Crippen LogP contribution is -2.47. The van der Waals surface area contributed by atoms with Crippen LogP contribution in [0.15, 0.2) is 30.5 Å². The highest BCUT2D eigenvalue weighted by Gasteiger charge is 2.27. The molecule has 1 aromatic heterocycles. The number of benzene rings is 1. The van der Waals surface area contributed by atoms with Crippen LogP contribution in [0.2, 0.25) is 0 Å². The summed E-state index contributed by atoms with van der Waals surface area (Å²) in [5, 5.41) is 1.18. The SMILES string of the molecule is O=C(Cc1c[nH]c2ccccc12)N1CCC(N2CCCCCC2)CC1. The maximum Gasteiger partial charge on any atom is 0.227 e. The summed E-state index contributed by atoms with van der Waals surface area (Å²) >= 11 is 0. The number of aromatic nitrogens is 1. The standard InChI is InChI=1S/C21H29N3O/c25-21(15-17-16-22-20-8-4-3-7-19(17)20)24-13-9-18(10-14-24)23-11-5-1-2-6-12-23/h3-4,7-8,16,18,22H,1-2,5-6,9-15H2. The van der Waals surface area contributed by atoms with Crippen LogP contribution in [0.4, 0.5) is 0 Å². The Bertz CT molecular complexity index is 707. The zero-order valence-corrected chi connectivity index (χ0v) is 15.0. The number of nitrogens with one attached hydrogen (secondary N) is 1.